The van der Waals surface area contributed by atoms with Gasteiger partial charge in [0.1, 0.15) is 6.61 Å². The highest BCUT2D eigenvalue weighted by atomic mass is 35.5. The largest absolute Gasteiger partial charge is 0.489 e. The molecule has 1 saturated heterocycles. The molecule has 1 fully saturated rings. The van der Waals surface area contributed by atoms with E-state index in [-0.39, 0.29) is 44.2 Å². The van der Waals surface area contributed by atoms with Crippen LogP contribution in [0.15, 0.2) is 11.8 Å². The first-order chi connectivity index (χ1) is 9.36. The van der Waals surface area contributed by atoms with Gasteiger partial charge < -0.3 is 4.74 Å². The van der Waals surface area contributed by atoms with Crippen molar-refractivity contribution in [2.45, 2.75) is 23.9 Å². The number of likely N-dealkylation sites (N-methyl/N-ethyl adjacent to an activating group) is 1. The second-order valence-corrected chi connectivity index (χ2v) is 5.81. The Morgan fingerprint density at radius 3 is 2.65 bits per heavy atom. The van der Waals surface area contributed by atoms with Gasteiger partial charge in [-0.25, -0.2) is 0 Å². The molecule has 1 aliphatic heterocycles. The molecule has 0 aromatic rings. The SMILES string of the molecule is CN1CC2([N+](=O)[O-])CC=C(OCCCl)C([N+](=O)[O-])(C1)C2. The summed E-state index contributed by atoms with van der Waals surface area (Å²) in [7, 11) is 1.65. The first-order valence-corrected chi connectivity index (χ1v) is 6.77. The molecule has 2 atom stereocenters. The fraction of sp³-hybridized carbons (Fsp3) is 0.818. The molecule has 2 unspecified atom stereocenters. The van der Waals surface area contributed by atoms with E-state index in [2.05, 4.69) is 0 Å². The lowest BCUT2D eigenvalue weighted by Crippen LogP contribution is -2.66. The molecule has 20 heavy (non-hydrogen) atoms. The van der Waals surface area contributed by atoms with Crippen LogP contribution in [0.5, 0.6) is 0 Å². The maximum Gasteiger partial charge on any atom is 0.296 e. The van der Waals surface area contributed by atoms with Gasteiger partial charge in [-0.3, -0.25) is 25.1 Å². The molecule has 0 radical (unpaired) electrons. The van der Waals surface area contributed by atoms with E-state index in [9.17, 15) is 20.2 Å². The zero-order valence-electron chi connectivity index (χ0n) is 11.1. The Kier molecular flexibility index (Phi) is 3.88. The quantitative estimate of drug-likeness (QED) is 0.425. The van der Waals surface area contributed by atoms with Gasteiger partial charge in [0.25, 0.3) is 5.54 Å². The fourth-order valence-corrected chi connectivity index (χ4v) is 3.26. The third-order valence-corrected chi connectivity index (χ3v) is 4.07. The van der Waals surface area contributed by atoms with E-state index in [4.69, 9.17) is 16.3 Å². The minimum absolute atomic E-state index is 0.101. The van der Waals surface area contributed by atoms with Crippen LogP contribution >= 0.6 is 11.6 Å². The molecular weight excluding hydrogens is 290 g/mol. The molecule has 9 heteroatoms. The number of ether oxygens (including phenoxy) is 1. The van der Waals surface area contributed by atoms with Crippen molar-refractivity contribution in [3.63, 3.8) is 0 Å². The third kappa shape index (κ3) is 2.22. The third-order valence-electron chi connectivity index (χ3n) is 3.91. The summed E-state index contributed by atoms with van der Waals surface area (Å²) in [6.45, 7) is 0.455. The Morgan fingerprint density at radius 1 is 1.40 bits per heavy atom. The number of hydrogen-bond acceptors (Lipinski definition) is 6. The lowest BCUT2D eigenvalue weighted by Gasteiger charge is -2.44. The molecule has 1 aliphatic carbocycles. The van der Waals surface area contributed by atoms with Gasteiger partial charge in [0.15, 0.2) is 5.76 Å². The first kappa shape index (κ1) is 15.0. The summed E-state index contributed by atoms with van der Waals surface area (Å²) in [5.41, 5.74) is -2.86. The first-order valence-electron chi connectivity index (χ1n) is 6.23. The number of alkyl halides is 1. The molecule has 2 rings (SSSR count). The van der Waals surface area contributed by atoms with Crippen molar-refractivity contribution >= 4 is 11.6 Å². The Balaban J connectivity index is 2.44. The van der Waals surface area contributed by atoms with Crippen LogP contribution in [0.4, 0.5) is 0 Å². The molecule has 0 saturated carbocycles. The standard InChI is InChI=1S/C11H16ClN3O5/c1-13-7-10(14(16)17)3-2-9(20-5-4-12)11(6-10,8-13)15(18)19/h2H,3-8H2,1H3. The van der Waals surface area contributed by atoms with Crippen LogP contribution in [0.25, 0.3) is 0 Å². The second kappa shape index (κ2) is 5.17. The summed E-state index contributed by atoms with van der Waals surface area (Å²) in [4.78, 5) is 23.7. The molecule has 0 aromatic heterocycles. The molecule has 2 bridgehead atoms. The highest BCUT2D eigenvalue weighted by Gasteiger charge is 2.66. The molecule has 8 nitrogen and oxygen atoms in total. The predicted molar refractivity (Wildman–Crippen MR) is 70.9 cm³/mol. The molecule has 112 valence electrons. The van der Waals surface area contributed by atoms with E-state index in [1.54, 1.807) is 11.9 Å². The highest BCUT2D eigenvalue weighted by Crippen LogP contribution is 2.44. The van der Waals surface area contributed by atoms with Crippen molar-refractivity contribution in [1.82, 2.24) is 4.90 Å². The minimum atomic E-state index is -1.55. The van der Waals surface area contributed by atoms with Crippen molar-refractivity contribution < 1.29 is 14.6 Å². The Bertz CT molecular complexity index is 471. The van der Waals surface area contributed by atoms with Crippen LogP contribution in [0, 0.1) is 20.2 Å². The maximum atomic E-state index is 11.6. The smallest absolute Gasteiger partial charge is 0.296 e. The van der Waals surface area contributed by atoms with E-state index in [1.807, 2.05) is 0 Å². The normalized spacial score (nSPS) is 33.4. The van der Waals surface area contributed by atoms with Crippen LogP contribution in [0.1, 0.15) is 12.8 Å². The van der Waals surface area contributed by atoms with Crippen molar-refractivity contribution in [1.29, 1.82) is 0 Å². The van der Waals surface area contributed by atoms with E-state index >= 15 is 0 Å². The lowest BCUT2D eigenvalue weighted by atomic mass is 9.71. The second-order valence-electron chi connectivity index (χ2n) is 5.43. The number of piperidine rings is 1. The summed E-state index contributed by atoms with van der Waals surface area (Å²) in [5, 5.41) is 23.0. The predicted octanol–water partition coefficient (Wildman–Crippen LogP) is 0.896. The Morgan fingerprint density at radius 2 is 2.10 bits per heavy atom. The average molecular weight is 306 g/mol. The van der Waals surface area contributed by atoms with Crippen molar-refractivity contribution in [3.05, 3.63) is 32.1 Å². The number of hydrogen-bond donors (Lipinski definition) is 0. The van der Waals surface area contributed by atoms with Crippen molar-refractivity contribution in [3.8, 4) is 0 Å². The lowest BCUT2D eigenvalue weighted by molar-refractivity contribution is -0.623. The molecule has 0 aromatic carbocycles. The zero-order chi connectivity index (χ0) is 15.0. The van der Waals surface area contributed by atoms with Gasteiger partial charge in [-0.05, 0) is 13.1 Å². The molecule has 0 amide bonds. The van der Waals surface area contributed by atoms with Crippen LogP contribution in [0.3, 0.4) is 0 Å². The van der Waals surface area contributed by atoms with E-state index in [0.717, 1.165) is 0 Å². The summed E-state index contributed by atoms with van der Waals surface area (Å²) in [5.74, 6) is 0.411. The number of halogens is 1. The molecule has 0 spiro atoms. The van der Waals surface area contributed by atoms with E-state index in [0.29, 0.717) is 0 Å². The van der Waals surface area contributed by atoms with Crippen LogP contribution in [-0.4, -0.2) is 58.4 Å². The summed E-state index contributed by atoms with van der Waals surface area (Å²) in [6, 6.07) is 0. The molecule has 1 heterocycles. The van der Waals surface area contributed by atoms with Gasteiger partial charge in [0.05, 0.1) is 25.4 Å². The van der Waals surface area contributed by atoms with Crippen LogP contribution in [0.2, 0.25) is 0 Å². The Hall–Kier alpha value is -1.41. The van der Waals surface area contributed by atoms with Gasteiger partial charge >= 0.3 is 0 Å². The monoisotopic (exact) mass is 305 g/mol. The minimum Gasteiger partial charge on any atom is -0.489 e. The van der Waals surface area contributed by atoms with Gasteiger partial charge in [-0.15, -0.1) is 11.6 Å². The molecule has 2 aliphatic rings. The van der Waals surface area contributed by atoms with E-state index in [1.165, 1.54) is 6.08 Å². The molecule has 0 N–H and O–H groups in total. The van der Waals surface area contributed by atoms with Gasteiger partial charge in [0, 0.05) is 16.3 Å². The summed E-state index contributed by atoms with van der Waals surface area (Å²) < 4.78 is 5.39. The number of rotatable bonds is 5. The summed E-state index contributed by atoms with van der Waals surface area (Å²) in [6.07, 6.45) is 1.49. The van der Waals surface area contributed by atoms with Gasteiger partial charge in [-0.2, -0.15) is 0 Å². The summed E-state index contributed by atoms with van der Waals surface area (Å²) >= 11 is 5.55. The number of nitrogens with zero attached hydrogens (tertiary/aromatic N) is 3. The Labute approximate surface area is 120 Å². The van der Waals surface area contributed by atoms with Crippen LogP contribution < -0.4 is 0 Å². The molecular formula is C11H16ClN3O5. The number of fused-ring (bicyclic) bond motifs is 2. The maximum absolute atomic E-state index is 11.6. The fourth-order valence-electron chi connectivity index (χ4n) is 3.19. The number of likely N-dealkylation sites (tertiary alicyclic amines) is 1. The van der Waals surface area contributed by atoms with Gasteiger partial charge in [-0.1, -0.05) is 0 Å². The van der Waals surface area contributed by atoms with Crippen LogP contribution in [-0.2, 0) is 4.74 Å². The zero-order valence-corrected chi connectivity index (χ0v) is 11.8. The number of nitro groups is 2. The average Bonchev–Trinajstić information content (AvgIpc) is 2.37. The van der Waals surface area contributed by atoms with Crippen molar-refractivity contribution in [2.24, 2.45) is 0 Å². The van der Waals surface area contributed by atoms with Gasteiger partial charge in [0.2, 0.25) is 5.54 Å². The van der Waals surface area contributed by atoms with Crippen molar-refractivity contribution in [2.75, 3.05) is 32.6 Å². The highest BCUT2D eigenvalue weighted by molar-refractivity contribution is 6.17. The van der Waals surface area contributed by atoms with E-state index < -0.39 is 20.9 Å². The topological polar surface area (TPSA) is 98.8 Å².